The Morgan fingerprint density at radius 1 is 0.897 bits per heavy atom. The van der Waals surface area contributed by atoms with Crippen LogP contribution in [-0.2, 0) is 11.2 Å². The number of rotatable bonds is 5. The number of nitrogens with zero attached hydrogens (tertiary/aromatic N) is 3. The molecule has 4 rings (SSSR count). The van der Waals surface area contributed by atoms with Gasteiger partial charge in [0.05, 0.1) is 19.2 Å². The highest BCUT2D eigenvalue weighted by atomic mass is 16.5. The molecule has 2 saturated heterocycles. The summed E-state index contributed by atoms with van der Waals surface area (Å²) in [5, 5.41) is 0. The fourth-order valence-corrected chi connectivity index (χ4v) is 4.58. The summed E-state index contributed by atoms with van der Waals surface area (Å²) in [6.45, 7) is 5.94. The van der Waals surface area contributed by atoms with Crippen LogP contribution in [0.4, 0.5) is 5.69 Å². The van der Waals surface area contributed by atoms with Crippen molar-refractivity contribution in [3.63, 3.8) is 0 Å². The molecule has 0 N–H and O–H groups in total. The van der Waals surface area contributed by atoms with Gasteiger partial charge in [0.25, 0.3) is 0 Å². The molecule has 2 heterocycles. The number of ether oxygens (including phenoxy) is 1. The van der Waals surface area contributed by atoms with Crippen molar-refractivity contribution < 1.29 is 9.53 Å². The van der Waals surface area contributed by atoms with Crippen LogP contribution < -0.4 is 9.64 Å². The number of hydrogen-bond donors (Lipinski definition) is 0. The summed E-state index contributed by atoms with van der Waals surface area (Å²) in [4.78, 5) is 19.7. The molecule has 0 radical (unpaired) electrons. The standard InChI is InChI=1S/C24H31N3O2/c1-29-23-10-6-5-9-22(23)26-17-15-25(16-18-26)21-11-13-27(14-12-21)24(28)19-20-7-3-2-4-8-20/h2-10,21H,11-19H2,1H3. The number of piperazine rings is 1. The number of amides is 1. The SMILES string of the molecule is COc1ccccc1N1CCN(C2CCN(C(=O)Cc3ccccc3)CC2)CC1. The van der Waals surface area contributed by atoms with Gasteiger partial charge in [-0.2, -0.15) is 0 Å². The van der Waals surface area contributed by atoms with Gasteiger partial charge in [0.15, 0.2) is 0 Å². The number of hydrogen-bond acceptors (Lipinski definition) is 4. The van der Waals surface area contributed by atoms with E-state index in [9.17, 15) is 4.79 Å². The Morgan fingerprint density at radius 3 is 2.24 bits per heavy atom. The average molecular weight is 394 g/mol. The minimum Gasteiger partial charge on any atom is -0.495 e. The maximum absolute atomic E-state index is 12.6. The van der Waals surface area contributed by atoms with Gasteiger partial charge < -0.3 is 14.5 Å². The van der Waals surface area contributed by atoms with Gasteiger partial charge in [0.2, 0.25) is 5.91 Å². The van der Waals surface area contributed by atoms with Crippen molar-refractivity contribution >= 4 is 11.6 Å². The first-order valence-corrected chi connectivity index (χ1v) is 10.7. The monoisotopic (exact) mass is 393 g/mol. The summed E-state index contributed by atoms with van der Waals surface area (Å²) in [6, 6.07) is 18.9. The highest BCUT2D eigenvalue weighted by Crippen LogP contribution is 2.29. The number of carbonyl (C=O) groups is 1. The van der Waals surface area contributed by atoms with Gasteiger partial charge in [-0.15, -0.1) is 0 Å². The Morgan fingerprint density at radius 2 is 1.55 bits per heavy atom. The van der Waals surface area contributed by atoms with Crippen LogP contribution in [0.15, 0.2) is 54.6 Å². The molecule has 5 nitrogen and oxygen atoms in total. The lowest BCUT2D eigenvalue weighted by Gasteiger charge is -2.43. The molecule has 0 atom stereocenters. The summed E-state index contributed by atoms with van der Waals surface area (Å²) >= 11 is 0. The normalized spacial score (nSPS) is 18.7. The van der Waals surface area contributed by atoms with Gasteiger partial charge in [-0.3, -0.25) is 9.69 Å². The smallest absolute Gasteiger partial charge is 0.226 e. The second-order valence-electron chi connectivity index (χ2n) is 7.97. The van der Waals surface area contributed by atoms with E-state index >= 15 is 0 Å². The number of methoxy groups -OCH3 is 1. The van der Waals surface area contributed by atoms with Crippen LogP contribution in [0.5, 0.6) is 5.75 Å². The maximum atomic E-state index is 12.6. The van der Waals surface area contributed by atoms with Crippen LogP contribution in [0.1, 0.15) is 18.4 Å². The van der Waals surface area contributed by atoms with Crippen LogP contribution in [0.3, 0.4) is 0 Å². The van der Waals surface area contributed by atoms with Gasteiger partial charge in [-0.25, -0.2) is 0 Å². The summed E-state index contributed by atoms with van der Waals surface area (Å²) < 4.78 is 5.53. The minimum absolute atomic E-state index is 0.260. The summed E-state index contributed by atoms with van der Waals surface area (Å²) in [5.41, 5.74) is 2.29. The van der Waals surface area contributed by atoms with Crippen LogP contribution in [0.2, 0.25) is 0 Å². The van der Waals surface area contributed by atoms with Crippen LogP contribution in [0.25, 0.3) is 0 Å². The zero-order valence-electron chi connectivity index (χ0n) is 17.3. The molecule has 1 amide bonds. The van der Waals surface area contributed by atoms with Crippen molar-refractivity contribution in [3.8, 4) is 5.75 Å². The van der Waals surface area contributed by atoms with Gasteiger partial charge in [-0.1, -0.05) is 42.5 Å². The zero-order valence-corrected chi connectivity index (χ0v) is 17.3. The third kappa shape index (κ3) is 4.73. The molecular weight excluding hydrogens is 362 g/mol. The first-order valence-electron chi connectivity index (χ1n) is 10.7. The quantitative estimate of drug-likeness (QED) is 0.782. The highest BCUT2D eigenvalue weighted by molar-refractivity contribution is 5.78. The van der Waals surface area contributed by atoms with Gasteiger partial charge in [0, 0.05) is 45.3 Å². The summed E-state index contributed by atoms with van der Waals surface area (Å²) in [7, 11) is 1.74. The van der Waals surface area contributed by atoms with E-state index in [1.165, 1.54) is 5.69 Å². The molecular formula is C24H31N3O2. The van der Waals surface area contributed by atoms with E-state index in [0.717, 1.165) is 63.4 Å². The first-order chi connectivity index (χ1) is 14.2. The van der Waals surface area contributed by atoms with E-state index in [0.29, 0.717) is 12.5 Å². The average Bonchev–Trinajstić information content (AvgIpc) is 2.80. The first kappa shape index (κ1) is 19.8. The third-order valence-electron chi connectivity index (χ3n) is 6.27. The topological polar surface area (TPSA) is 36.0 Å². The predicted octanol–water partition coefficient (Wildman–Crippen LogP) is 3.05. The lowest BCUT2D eigenvalue weighted by molar-refractivity contribution is -0.132. The fraction of sp³-hybridized carbons (Fsp3) is 0.458. The van der Waals surface area contributed by atoms with Crippen LogP contribution in [-0.4, -0.2) is 68.1 Å². The number of piperidine rings is 1. The molecule has 0 bridgehead atoms. The largest absolute Gasteiger partial charge is 0.495 e. The highest BCUT2D eigenvalue weighted by Gasteiger charge is 2.29. The molecule has 0 aliphatic carbocycles. The number of anilines is 1. The van der Waals surface area contributed by atoms with Crippen LogP contribution in [0, 0.1) is 0 Å². The van der Waals surface area contributed by atoms with E-state index in [1.54, 1.807) is 7.11 Å². The minimum atomic E-state index is 0.260. The molecule has 2 aromatic rings. The fourth-order valence-electron chi connectivity index (χ4n) is 4.58. The maximum Gasteiger partial charge on any atom is 0.226 e. The molecule has 2 aliphatic rings. The Kier molecular flexibility index (Phi) is 6.35. The van der Waals surface area contributed by atoms with E-state index in [4.69, 9.17) is 4.74 Å². The third-order valence-corrected chi connectivity index (χ3v) is 6.27. The number of para-hydroxylation sites is 2. The molecule has 5 heteroatoms. The zero-order chi connectivity index (χ0) is 20.1. The molecule has 0 unspecified atom stereocenters. The second kappa shape index (κ2) is 9.31. The number of benzene rings is 2. The van der Waals surface area contributed by atoms with Gasteiger partial charge in [0.1, 0.15) is 5.75 Å². The van der Waals surface area contributed by atoms with E-state index in [-0.39, 0.29) is 5.91 Å². The lowest BCUT2D eigenvalue weighted by Crippen LogP contribution is -2.54. The molecule has 2 aromatic carbocycles. The molecule has 154 valence electrons. The molecule has 0 saturated carbocycles. The Labute approximate surface area is 173 Å². The Bertz CT molecular complexity index is 795. The van der Waals surface area contributed by atoms with Gasteiger partial charge in [-0.05, 0) is 30.5 Å². The van der Waals surface area contributed by atoms with Crippen molar-refractivity contribution in [2.75, 3.05) is 51.3 Å². The molecule has 2 aliphatic heterocycles. The lowest BCUT2D eigenvalue weighted by atomic mass is 10.0. The van der Waals surface area contributed by atoms with Crippen molar-refractivity contribution in [2.45, 2.75) is 25.3 Å². The summed E-state index contributed by atoms with van der Waals surface area (Å²) in [5.74, 6) is 1.21. The Balaban J connectivity index is 1.25. The van der Waals surface area contributed by atoms with Crippen molar-refractivity contribution in [1.29, 1.82) is 0 Å². The van der Waals surface area contributed by atoms with Gasteiger partial charge >= 0.3 is 0 Å². The van der Waals surface area contributed by atoms with E-state index < -0.39 is 0 Å². The van der Waals surface area contributed by atoms with E-state index in [2.05, 4.69) is 26.8 Å². The Hall–Kier alpha value is -2.53. The predicted molar refractivity (Wildman–Crippen MR) is 117 cm³/mol. The molecule has 2 fully saturated rings. The van der Waals surface area contributed by atoms with Crippen molar-refractivity contribution in [3.05, 3.63) is 60.2 Å². The van der Waals surface area contributed by atoms with Crippen molar-refractivity contribution in [2.24, 2.45) is 0 Å². The van der Waals surface area contributed by atoms with Crippen LogP contribution >= 0.6 is 0 Å². The summed E-state index contributed by atoms with van der Waals surface area (Å²) in [6.07, 6.45) is 2.67. The molecule has 0 aromatic heterocycles. The second-order valence-corrected chi connectivity index (χ2v) is 7.97. The number of likely N-dealkylation sites (tertiary alicyclic amines) is 1. The number of carbonyl (C=O) groups excluding carboxylic acids is 1. The molecule has 29 heavy (non-hydrogen) atoms. The van der Waals surface area contributed by atoms with E-state index in [1.807, 2.05) is 42.5 Å². The van der Waals surface area contributed by atoms with Crippen molar-refractivity contribution in [1.82, 2.24) is 9.80 Å². The molecule has 0 spiro atoms.